The first kappa shape index (κ1) is 14.5. The third-order valence-electron chi connectivity index (χ3n) is 4.10. The third-order valence-corrected chi connectivity index (χ3v) is 5.40. The van der Waals surface area contributed by atoms with Gasteiger partial charge in [0.1, 0.15) is 18.0 Å². The maximum absolute atomic E-state index is 11.6. The number of aromatic nitrogens is 2. The molecule has 1 atom stereocenters. The Hall–Kier alpha value is -1.41. The van der Waals surface area contributed by atoms with Gasteiger partial charge in [0.2, 0.25) is 10.0 Å². The number of piperazine rings is 1. The van der Waals surface area contributed by atoms with Crippen molar-refractivity contribution in [2.75, 3.05) is 49.2 Å². The highest BCUT2D eigenvalue weighted by Gasteiger charge is 2.27. The summed E-state index contributed by atoms with van der Waals surface area (Å²) in [5, 5.41) is 3.34. The van der Waals surface area contributed by atoms with Crippen LogP contribution in [0.25, 0.3) is 0 Å². The zero-order valence-electron chi connectivity index (χ0n) is 12.4. The van der Waals surface area contributed by atoms with Crippen molar-refractivity contribution in [3.63, 3.8) is 0 Å². The first-order valence-electron chi connectivity index (χ1n) is 7.23. The summed E-state index contributed by atoms with van der Waals surface area (Å²) in [5.74, 6) is 2.43. The van der Waals surface area contributed by atoms with Crippen molar-refractivity contribution in [2.24, 2.45) is 5.92 Å². The topological polar surface area (TPSA) is 78.4 Å². The standard InChI is InChI=1S/C13H21N5O2S/c1-10-7-11-12(14-8-10)15-9-16-13(11)17-3-5-18(6-4-17)21(2,19)20/h9-10H,3-8H2,1-2H3,(H,14,15,16)/t10-/m0/s1. The highest BCUT2D eigenvalue weighted by atomic mass is 32.2. The van der Waals surface area contributed by atoms with Gasteiger partial charge in [0.05, 0.1) is 6.26 Å². The number of rotatable bonds is 2. The molecule has 0 amide bonds. The van der Waals surface area contributed by atoms with Crippen molar-refractivity contribution in [1.29, 1.82) is 0 Å². The molecule has 0 spiro atoms. The van der Waals surface area contributed by atoms with Crippen LogP contribution in [0.3, 0.4) is 0 Å². The van der Waals surface area contributed by atoms with Crippen LogP contribution < -0.4 is 10.2 Å². The molecule has 21 heavy (non-hydrogen) atoms. The van der Waals surface area contributed by atoms with Gasteiger partial charge in [-0.2, -0.15) is 4.31 Å². The molecule has 1 aromatic rings. The Bertz CT molecular complexity index is 625. The third kappa shape index (κ3) is 2.96. The van der Waals surface area contributed by atoms with E-state index in [1.54, 1.807) is 6.33 Å². The minimum atomic E-state index is -3.10. The van der Waals surface area contributed by atoms with E-state index in [1.807, 2.05) is 0 Å². The van der Waals surface area contributed by atoms with E-state index in [2.05, 4.69) is 27.1 Å². The first-order valence-corrected chi connectivity index (χ1v) is 9.08. The fourth-order valence-corrected chi connectivity index (χ4v) is 3.77. The average Bonchev–Trinajstić information content (AvgIpc) is 2.46. The molecule has 0 saturated carbocycles. The van der Waals surface area contributed by atoms with E-state index in [9.17, 15) is 8.42 Å². The lowest BCUT2D eigenvalue weighted by Crippen LogP contribution is -2.49. The maximum atomic E-state index is 11.6. The minimum absolute atomic E-state index is 0.514. The molecule has 0 aliphatic carbocycles. The van der Waals surface area contributed by atoms with Crippen LogP contribution in [-0.2, 0) is 16.4 Å². The predicted octanol–water partition coefficient (Wildman–Crippen LogP) is 0.162. The van der Waals surface area contributed by atoms with Crippen molar-refractivity contribution in [3.05, 3.63) is 11.9 Å². The van der Waals surface area contributed by atoms with Crippen LogP contribution in [-0.4, -0.2) is 61.7 Å². The molecule has 7 nitrogen and oxygen atoms in total. The minimum Gasteiger partial charge on any atom is -0.369 e. The molecule has 0 bridgehead atoms. The number of sulfonamides is 1. The van der Waals surface area contributed by atoms with E-state index < -0.39 is 10.0 Å². The van der Waals surface area contributed by atoms with Gasteiger partial charge in [-0.3, -0.25) is 0 Å². The number of nitrogens with one attached hydrogen (secondary N) is 1. The quantitative estimate of drug-likeness (QED) is 0.838. The van der Waals surface area contributed by atoms with Gasteiger partial charge in [-0.1, -0.05) is 6.92 Å². The predicted molar refractivity (Wildman–Crippen MR) is 82.0 cm³/mol. The lowest BCUT2D eigenvalue weighted by atomic mass is 9.98. The SMILES string of the molecule is C[C@@H]1CNc2ncnc(N3CCN(S(C)(=O)=O)CC3)c2C1. The molecule has 2 aliphatic heterocycles. The van der Waals surface area contributed by atoms with Gasteiger partial charge >= 0.3 is 0 Å². The van der Waals surface area contributed by atoms with Gasteiger partial charge in [0.15, 0.2) is 0 Å². The molecule has 2 aliphatic rings. The van der Waals surface area contributed by atoms with Crippen LogP contribution in [0.5, 0.6) is 0 Å². The first-order chi connectivity index (χ1) is 9.95. The van der Waals surface area contributed by atoms with Crippen molar-refractivity contribution >= 4 is 21.7 Å². The Kier molecular flexibility index (Phi) is 3.75. The molecule has 3 heterocycles. The molecule has 0 aromatic carbocycles. The molecule has 8 heteroatoms. The van der Waals surface area contributed by atoms with Gasteiger partial charge in [0, 0.05) is 38.3 Å². The van der Waals surface area contributed by atoms with E-state index in [-0.39, 0.29) is 0 Å². The summed E-state index contributed by atoms with van der Waals surface area (Å²) in [7, 11) is -3.10. The summed E-state index contributed by atoms with van der Waals surface area (Å²) in [5.41, 5.74) is 1.16. The van der Waals surface area contributed by atoms with E-state index in [1.165, 1.54) is 10.6 Å². The van der Waals surface area contributed by atoms with Gasteiger partial charge in [-0.15, -0.1) is 0 Å². The Balaban J connectivity index is 1.80. The van der Waals surface area contributed by atoms with Gasteiger partial charge in [-0.25, -0.2) is 18.4 Å². The van der Waals surface area contributed by atoms with Gasteiger partial charge < -0.3 is 10.2 Å². The molecule has 3 rings (SSSR count). The van der Waals surface area contributed by atoms with Crippen molar-refractivity contribution in [1.82, 2.24) is 14.3 Å². The van der Waals surface area contributed by atoms with E-state index in [4.69, 9.17) is 0 Å². The molecule has 1 fully saturated rings. The summed E-state index contributed by atoms with van der Waals surface area (Å²) in [6, 6.07) is 0. The fraction of sp³-hybridized carbons (Fsp3) is 0.692. The molecule has 0 radical (unpaired) electrons. The maximum Gasteiger partial charge on any atom is 0.211 e. The monoisotopic (exact) mass is 311 g/mol. The summed E-state index contributed by atoms with van der Waals surface area (Å²) >= 11 is 0. The Morgan fingerprint density at radius 2 is 1.95 bits per heavy atom. The van der Waals surface area contributed by atoms with E-state index >= 15 is 0 Å². The number of hydrogen-bond donors (Lipinski definition) is 1. The summed E-state index contributed by atoms with van der Waals surface area (Å²) < 4.78 is 24.7. The summed E-state index contributed by atoms with van der Waals surface area (Å²) in [4.78, 5) is 10.9. The Morgan fingerprint density at radius 1 is 1.24 bits per heavy atom. The van der Waals surface area contributed by atoms with Crippen LogP contribution in [0.2, 0.25) is 0 Å². The van der Waals surface area contributed by atoms with Gasteiger partial charge in [-0.05, 0) is 12.3 Å². The number of fused-ring (bicyclic) bond motifs is 1. The molecule has 0 unspecified atom stereocenters. The van der Waals surface area contributed by atoms with Crippen molar-refractivity contribution in [3.8, 4) is 0 Å². The zero-order chi connectivity index (χ0) is 15.0. The molecule has 1 N–H and O–H groups in total. The van der Waals surface area contributed by atoms with E-state index in [0.29, 0.717) is 32.1 Å². The smallest absolute Gasteiger partial charge is 0.211 e. The number of hydrogen-bond acceptors (Lipinski definition) is 6. The van der Waals surface area contributed by atoms with Crippen LogP contribution >= 0.6 is 0 Å². The van der Waals surface area contributed by atoms with Crippen LogP contribution in [0.1, 0.15) is 12.5 Å². The lowest BCUT2D eigenvalue weighted by molar-refractivity contribution is 0.386. The van der Waals surface area contributed by atoms with Crippen LogP contribution in [0.4, 0.5) is 11.6 Å². The largest absolute Gasteiger partial charge is 0.369 e. The second-order valence-corrected chi connectivity index (χ2v) is 7.85. The van der Waals surface area contributed by atoms with Crippen molar-refractivity contribution < 1.29 is 8.42 Å². The second-order valence-electron chi connectivity index (χ2n) is 5.86. The normalized spacial score (nSPS) is 23.5. The molecule has 116 valence electrons. The van der Waals surface area contributed by atoms with E-state index in [0.717, 1.165) is 30.2 Å². The molecule has 1 aromatic heterocycles. The molecular weight excluding hydrogens is 290 g/mol. The number of nitrogens with zero attached hydrogens (tertiary/aromatic N) is 4. The van der Waals surface area contributed by atoms with Crippen LogP contribution in [0.15, 0.2) is 6.33 Å². The number of anilines is 2. The molecule has 1 saturated heterocycles. The van der Waals surface area contributed by atoms with Crippen molar-refractivity contribution in [2.45, 2.75) is 13.3 Å². The van der Waals surface area contributed by atoms with Gasteiger partial charge in [0.25, 0.3) is 0 Å². The zero-order valence-corrected chi connectivity index (χ0v) is 13.2. The lowest BCUT2D eigenvalue weighted by Gasteiger charge is -2.36. The summed E-state index contributed by atoms with van der Waals surface area (Å²) in [6.45, 7) is 5.51. The highest BCUT2D eigenvalue weighted by molar-refractivity contribution is 7.88. The Morgan fingerprint density at radius 3 is 2.62 bits per heavy atom. The molecular formula is C13H21N5O2S. The average molecular weight is 311 g/mol. The van der Waals surface area contributed by atoms with Crippen LogP contribution in [0, 0.1) is 5.92 Å². The highest BCUT2D eigenvalue weighted by Crippen LogP contribution is 2.30. The Labute approximate surface area is 125 Å². The summed E-state index contributed by atoms with van der Waals surface area (Å²) in [6.07, 6.45) is 3.81. The second kappa shape index (κ2) is 5.42. The fourth-order valence-electron chi connectivity index (χ4n) is 2.94.